The topological polar surface area (TPSA) is 35.5 Å². The van der Waals surface area contributed by atoms with Gasteiger partial charge < -0.3 is 9.47 Å². The highest BCUT2D eigenvalue weighted by atomic mass is 19.2. The van der Waals surface area contributed by atoms with Crippen LogP contribution >= 0.6 is 0 Å². The number of hydrogen-bond acceptors (Lipinski definition) is 3. The van der Waals surface area contributed by atoms with E-state index in [1.165, 1.54) is 37.1 Å². The van der Waals surface area contributed by atoms with Gasteiger partial charge in [0, 0.05) is 5.56 Å². The molecule has 0 N–H and O–H groups in total. The zero-order valence-corrected chi connectivity index (χ0v) is 21.9. The van der Waals surface area contributed by atoms with Gasteiger partial charge in [-0.25, -0.2) is 22.4 Å². The lowest BCUT2D eigenvalue weighted by Gasteiger charge is -2.11. The van der Waals surface area contributed by atoms with Crippen molar-refractivity contribution in [3.05, 3.63) is 94.1 Å². The van der Waals surface area contributed by atoms with Gasteiger partial charge >= 0.3 is 5.97 Å². The Morgan fingerprint density at radius 1 is 0.700 bits per heavy atom. The maximum absolute atomic E-state index is 14.5. The van der Waals surface area contributed by atoms with Crippen LogP contribution in [0.1, 0.15) is 79.8 Å². The fourth-order valence-electron chi connectivity index (χ4n) is 3.79. The molecule has 3 aromatic carbocycles. The summed E-state index contributed by atoms with van der Waals surface area (Å²) in [6, 6.07) is 7.75. The second kappa shape index (κ2) is 15.0. The Labute approximate surface area is 229 Å². The first kappa shape index (κ1) is 30.6. The first-order valence-electron chi connectivity index (χ1n) is 13.0. The van der Waals surface area contributed by atoms with E-state index < -0.39 is 52.2 Å². The van der Waals surface area contributed by atoms with Crippen molar-refractivity contribution in [2.24, 2.45) is 0 Å². The van der Waals surface area contributed by atoms with Gasteiger partial charge in [-0.1, -0.05) is 63.7 Å². The summed E-state index contributed by atoms with van der Waals surface area (Å²) in [5.41, 5.74) is -1.13. The zero-order chi connectivity index (χ0) is 29.1. The number of benzene rings is 3. The number of hydrogen-bond donors (Lipinski definition) is 0. The summed E-state index contributed by atoms with van der Waals surface area (Å²) < 4.78 is 94.4. The molecule has 3 aromatic rings. The van der Waals surface area contributed by atoms with E-state index in [-0.39, 0.29) is 23.5 Å². The van der Waals surface area contributed by atoms with Crippen LogP contribution in [0.4, 0.5) is 26.3 Å². The van der Waals surface area contributed by atoms with Gasteiger partial charge in [0.2, 0.25) is 11.6 Å². The van der Waals surface area contributed by atoms with Crippen LogP contribution in [0.15, 0.2) is 42.5 Å². The lowest BCUT2D eigenvalue weighted by atomic mass is 10.1. The first-order valence-corrected chi connectivity index (χ1v) is 13.0. The van der Waals surface area contributed by atoms with E-state index in [9.17, 15) is 31.1 Å². The Balaban J connectivity index is 1.61. The van der Waals surface area contributed by atoms with E-state index in [4.69, 9.17) is 9.47 Å². The molecule has 0 unspecified atom stereocenters. The lowest BCUT2D eigenvalue weighted by molar-refractivity contribution is 0.0734. The highest BCUT2D eigenvalue weighted by Crippen LogP contribution is 2.30. The summed E-state index contributed by atoms with van der Waals surface area (Å²) in [5.74, 6) is -6.56. The van der Waals surface area contributed by atoms with Gasteiger partial charge in [-0.15, -0.1) is 0 Å². The van der Waals surface area contributed by atoms with Crippen molar-refractivity contribution >= 4 is 5.97 Å². The van der Waals surface area contributed by atoms with Crippen LogP contribution in [0.3, 0.4) is 0 Å². The monoisotopic (exact) mass is 562 g/mol. The summed E-state index contributed by atoms with van der Waals surface area (Å²) in [6.07, 6.45) is 7.87. The molecule has 0 saturated heterocycles. The van der Waals surface area contributed by atoms with Crippen LogP contribution in [-0.2, 0) is 0 Å². The standard InChI is InChI=1S/C31H28F6O3/c1-2-3-4-5-6-7-8-9-18-39-30-28(36)26(34)23(27(35)29(30)37)16-12-20-10-14-22(15-11-20)40-31(38)21-13-17-24(32)25(33)19-21/h10-11,13-15,17,19H,2-9,18H2,1H3. The van der Waals surface area contributed by atoms with E-state index in [1.54, 1.807) is 0 Å². The average Bonchev–Trinajstić information content (AvgIpc) is 2.95. The average molecular weight is 563 g/mol. The van der Waals surface area contributed by atoms with E-state index in [2.05, 4.69) is 18.8 Å². The molecule has 0 amide bonds. The lowest BCUT2D eigenvalue weighted by Crippen LogP contribution is -2.09. The van der Waals surface area contributed by atoms with Gasteiger partial charge in [-0.2, -0.15) is 8.78 Å². The molecular weight excluding hydrogens is 534 g/mol. The molecule has 0 atom stereocenters. The summed E-state index contributed by atoms with van der Waals surface area (Å²) in [5, 5.41) is 0. The van der Waals surface area contributed by atoms with Crippen molar-refractivity contribution in [2.75, 3.05) is 6.61 Å². The number of halogens is 6. The van der Waals surface area contributed by atoms with Crippen molar-refractivity contribution in [2.45, 2.75) is 58.3 Å². The van der Waals surface area contributed by atoms with Crippen molar-refractivity contribution < 1.29 is 40.6 Å². The minimum Gasteiger partial charge on any atom is -0.487 e. The molecule has 0 bridgehead atoms. The first-order chi connectivity index (χ1) is 19.2. The van der Waals surface area contributed by atoms with Gasteiger partial charge in [0.25, 0.3) is 0 Å². The number of rotatable bonds is 12. The number of unbranched alkanes of at least 4 members (excludes halogenated alkanes) is 7. The molecule has 40 heavy (non-hydrogen) atoms. The quantitative estimate of drug-likeness (QED) is 0.0554. The summed E-state index contributed by atoms with van der Waals surface area (Å²) in [7, 11) is 0. The van der Waals surface area contributed by atoms with Crippen LogP contribution in [0, 0.1) is 46.7 Å². The largest absolute Gasteiger partial charge is 0.487 e. The Hall–Kier alpha value is -3.93. The van der Waals surface area contributed by atoms with Crippen molar-refractivity contribution in [3.8, 4) is 23.3 Å². The summed E-state index contributed by atoms with van der Waals surface area (Å²) >= 11 is 0. The predicted octanol–water partition coefficient (Wildman–Crippen LogP) is 8.66. The van der Waals surface area contributed by atoms with Gasteiger partial charge in [-0.3, -0.25) is 0 Å². The molecule has 0 saturated carbocycles. The van der Waals surface area contributed by atoms with Crippen LogP contribution in [0.5, 0.6) is 11.5 Å². The van der Waals surface area contributed by atoms with Crippen molar-refractivity contribution in [1.82, 2.24) is 0 Å². The minimum absolute atomic E-state index is 0.0210. The van der Waals surface area contributed by atoms with Gasteiger partial charge in [0.05, 0.1) is 12.2 Å². The molecule has 0 radical (unpaired) electrons. The normalized spacial score (nSPS) is 10.7. The third-order valence-corrected chi connectivity index (χ3v) is 6.02. The number of carbonyl (C=O) groups is 1. The van der Waals surface area contributed by atoms with E-state index in [0.717, 1.165) is 44.2 Å². The minimum atomic E-state index is -1.67. The molecule has 9 heteroatoms. The second-order valence-corrected chi connectivity index (χ2v) is 9.08. The van der Waals surface area contributed by atoms with Crippen LogP contribution in [0.25, 0.3) is 0 Å². The third-order valence-electron chi connectivity index (χ3n) is 6.02. The fraction of sp³-hybridized carbons (Fsp3) is 0.323. The fourth-order valence-corrected chi connectivity index (χ4v) is 3.79. The predicted molar refractivity (Wildman–Crippen MR) is 138 cm³/mol. The molecule has 3 nitrogen and oxygen atoms in total. The van der Waals surface area contributed by atoms with Gasteiger partial charge in [-0.05, 0) is 48.9 Å². The van der Waals surface area contributed by atoms with Crippen LogP contribution in [-0.4, -0.2) is 12.6 Å². The molecule has 3 rings (SSSR count). The number of ether oxygens (including phenoxy) is 2. The van der Waals surface area contributed by atoms with Crippen molar-refractivity contribution in [3.63, 3.8) is 0 Å². The summed E-state index contributed by atoms with van der Waals surface area (Å²) in [6.45, 7) is 2.05. The number of carbonyl (C=O) groups excluding carboxylic acids is 1. The third kappa shape index (κ3) is 8.28. The maximum atomic E-state index is 14.5. The van der Waals surface area contributed by atoms with Crippen molar-refractivity contribution in [1.29, 1.82) is 0 Å². The smallest absolute Gasteiger partial charge is 0.343 e. The van der Waals surface area contributed by atoms with Gasteiger partial charge in [0.15, 0.2) is 29.0 Å². The van der Waals surface area contributed by atoms with E-state index in [1.807, 2.05) is 0 Å². The van der Waals surface area contributed by atoms with E-state index >= 15 is 0 Å². The molecule has 0 heterocycles. The zero-order valence-electron chi connectivity index (χ0n) is 21.9. The molecule has 0 aromatic heterocycles. The van der Waals surface area contributed by atoms with Crippen LogP contribution < -0.4 is 9.47 Å². The molecule has 0 aliphatic carbocycles. The SMILES string of the molecule is CCCCCCCCCCOc1c(F)c(F)c(C#Cc2ccc(OC(=O)c3ccc(F)c(F)c3)cc2)c(F)c1F. The summed E-state index contributed by atoms with van der Waals surface area (Å²) in [4.78, 5) is 12.1. The highest BCUT2D eigenvalue weighted by Gasteiger charge is 2.26. The Kier molecular flexibility index (Phi) is 11.5. The molecular formula is C31H28F6O3. The molecule has 0 aliphatic rings. The Morgan fingerprint density at radius 3 is 1.90 bits per heavy atom. The Bertz CT molecular complexity index is 1350. The highest BCUT2D eigenvalue weighted by molar-refractivity contribution is 5.91. The van der Waals surface area contributed by atoms with Crippen LogP contribution in [0.2, 0.25) is 0 Å². The second-order valence-electron chi connectivity index (χ2n) is 9.08. The molecule has 0 fully saturated rings. The molecule has 212 valence electrons. The number of esters is 1. The maximum Gasteiger partial charge on any atom is 0.343 e. The van der Waals surface area contributed by atoms with E-state index in [0.29, 0.717) is 12.5 Å². The van der Waals surface area contributed by atoms with Gasteiger partial charge in [0.1, 0.15) is 11.3 Å². The molecule has 0 aliphatic heterocycles. The Morgan fingerprint density at radius 2 is 1.30 bits per heavy atom. The molecule has 0 spiro atoms.